The fourth-order valence-electron chi connectivity index (χ4n) is 1.25. The number of pyridine rings is 1. The first-order chi connectivity index (χ1) is 6.04. The zero-order chi connectivity index (χ0) is 10.0. The van der Waals surface area contributed by atoms with E-state index in [0.29, 0.717) is 5.82 Å². The van der Waals surface area contributed by atoms with Crippen LogP contribution in [0.15, 0.2) is 18.3 Å². The number of hydrogen-bond donors (Lipinski definition) is 0. The Morgan fingerprint density at radius 1 is 1.15 bits per heavy atom. The molecule has 1 heterocycles. The van der Waals surface area contributed by atoms with E-state index >= 15 is 0 Å². The normalized spacial score (nSPS) is 9.85. The molecule has 0 spiro atoms. The molecule has 72 valence electrons. The molecule has 1 aromatic heterocycles. The summed E-state index contributed by atoms with van der Waals surface area (Å²) in [6.07, 6.45) is 1.50. The van der Waals surface area contributed by atoms with Crippen LogP contribution in [0.4, 0.5) is 11.5 Å². The van der Waals surface area contributed by atoms with E-state index in [-0.39, 0.29) is 0 Å². The van der Waals surface area contributed by atoms with Crippen molar-refractivity contribution in [1.82, 2.24) is 0 Å². The third-order valence-electron chi connectivity index (χ3n) is 1.82. The van der Waals surface area contributed by atoms with E-state index in [1.54, 1.807) is 6.07 Å². The molecule has 0 aliphatic rings. The third kappa shape index (κ3) is 1.83. The summed E-state index contributed by atoms with van der Waals surface area (Å²) in [5, 5.41) is 11.4. The zero-order valence-electron chi connectivity index (χ0n) is 8.48. The number of aromatic nitrogens is 1. The van der Waals surface area contributed by atoms with E-state index in [4.69, 9.17) is 0 Å². The van der Waals surface area contributed by atoms with Crippen LogP contribution < -0.4 is 14.5 Å². The summed E-state index contributed by atoms with van der Waals surface area (Å²) >= 11 is 0. The number of rotatable bonds is 2. The highest BCUT2D eigenvalue weighted by molar-refractivity contribution is 5.62. The molecule has 4 nitrogen and oxygen atoms in total. The van der Waals surface area contributed by atoms with Crippen molar-refractivity contribution in [1.29, 1.82) is 0 Å². The largest absolute Gasteiger partial charge is 0.711 e. The highest BCUT2D eigenvalue weighted by atomic mass is 16.5. The maximum absolute atomic E-state index is 11.4. The molecule has 13 heavy (non-hydrogen) atoms. The Hall–Kier alpha value is -1.45. The molecule has 4 heteroatoms. The lowest BCUT2D eigenvalue weighted by atomic mass is 10.3. The lowest BCUT2D eigenvalue weighted by Gasteiger charge is -2.20. The van der Waals surface area contributed by atoms with Crippen LogP contribution in [0.2, 0.25) is 0 Å². The SMILES string of the molecule is CN(C)c1ccc[n+]([O-])c1N(C)C. The quantitative estimate of drug-likeness (QED) is 0.490. The van der Waals surface area contributed by atoms with Gasteiger partial charge in [0.25, 0.3) is 0 Å². The monoisotopic (exact) mass is 181 g/mol. The molecule has 0 unspecified atom stereocenters. The summed E-state index contributed by atoms with van der Waals surface area (Å²) in [6.45, 7) is 0. The molecule has 0 saturated carbocycles. The molecule has 0 radical (unpaired) electrons. The van der Waals surface area contributed by atoms with Crippen LogP contribution in [0, 0.1) is 5.21 Å². The molecule has 0 bridgehead atoms. The molecule has 0 aromatic carbocycles. The van der Waals surface area contributed by atoms with Crippen LogP contribution in [0.25, 0.3) is 0 Å². The maximum atomic E-state index is 11.4. The average molecular weight is 181 g/mol. The van der Waals surface area contributed by atoms with Crippen LogP contribution in [0.5, 0.6) is 0 Å². The fourth-order valence-corrected chi connectivity index (χ4v) is 1.25. The molecule has 0 atom stereocenters. The van der Waals surface area contributed by atoms with Gasteiger partial charge in [0, 0.05) is 14.1 Å². The molecule has 0 amide bonds. The summed E-state index contributed by atoms with van der Waals surface area (Å²) in [5.41, 5.74) is 0.919. The van der Waals surface area contributed by atoms with Crippen molar-refractivity contribution in [2.24, 2.45) is 0 Å². The van der Waals surface area contributed by atoms with Crippen LogP contribution in [0.3, 0.4) is 0 Å². The molecule has 0 aliphatic heterocycles. The van der Waals surface area contributed by atoms with Crippen LogP contribution in [-0.4, -0.2) is 28.2 Å². The molecule has 0 fully saturated rings. The highest BCUT2D eigenvalue weighted by Crippen LogP contribution is 2.20. The van der Waals surface area contributed by atoms with Gasteiger partial charge in [0.1, 0.15) is 5.69 Å². The van der Waals surface area contributed by atoms with Crippen LogP contribution >= 0.6 is 0 Å². The van der Waals surface area contributed by atoms with E-state index in [0.717, 1.165) is 10.4 Å². The molecular formula is C9H15N3O. The Morgan fingerprint density at radius 2 is 1.77 bits per heavy atom. The number of hydrogen-bond acceptors (Lipinski definition) is 3. The van der Waals surface area contributed by atoms with Gasteiger partial charge in [-0.05, 0) is 12.1 Å². The Labute approximate surface area is 78.6 Å². The second-order valence-corrected chi connectivity index (χ2v) is 3.33. The zero-order valence-corrected chi connectivity index (χ0v) is 8.48. The summed E-state index contributed by atoms with van der Waals surface area (Å²) in [5.74, 6) is 0.660. The van der Waals surface area contributed by atoms with E-state index in [2.05, 4.69) is 0 Å². The van der Waals surface area contributed by atoms with Gasteiger partial charge < -0.3 is 10.1 Å². The standard InChI is InChI=1S/C9H15N3O/c1-10(2)8-6-5-7-12(13)9(8)11(3)4/h5-7H,1-4H3. The van der Waals surface area contributed by atoms with Gasteiger partial charge in [-0.25, -0.2) is 4.73 Å². The van der Waals surface area contributed by atoms with Gasteiger partial charge in [-0.2, -0.15) is 0 Å². The first-order valence-electron chi connectivity index (χ1n) is 4.11. The minimum Gasteiger partial charge on any atom is -0.711 e. The first-order valence-corrected chi connectivity index (χ1v) is 4.11. The Morgan fingerprint density at radius 3 is 2.15 bits per heavy atom. The minimum absolute atomic E-state index is 0.660. The molecule has 0 aliphatic carbocycles. The van der Waals surface area contributed by atoms with Crippen molar-refractivity contribution in [2.45, 2.75) is 0 Å². The second-order valence-electron chi connectivity index (χ2n) is 3.33. The highest BCUT2D eigenvalue weighted by Gasteiger charge is 2.14. The van der Waals surface area contributed by atoms with Crippen molar-refractivity contribution < 1.29 is 4.73 Å². The van der Waals surface area contributed by atoms with Gasteiger partial charge in [0.05, 0.1) is 20.3 Å². The summed E-state index contributed by atoms with van der Waals surface area (Å²) in [4.78, 5) is 3.73. The van der Waals surface area contributed by atoms with Gasteiger partial charge in [0.2, 0.25) is 0 Å². The van der Waals surface area contributed by atoms with Crippen LogP contribution in [0.1, 0.15) is 0 Å². The van der Waals surface area contributed by atoms with Gasteiger partial charge in [-0.3, -0.25) is 4.90 Å². The predicted molar refractivity (Wildman–Crippen MR) is 54.1 cm³/mol. The van der Waals surface area contributed by atoms with Gasteiger partial charge in [-0.1, -0.05) is 0 Å². The Bertz CT molecular complexity index is 297. The van der Waals surface area contributed by atoms with Gasteiger partial charge in [0.15, 0.2) is 0 Å². The second kappa shape index (κ2) is 3.51. The molecule has 0 N–H and O–H groups in total. The topological polar surface area (TPSA) is 33.4 Å². The van der Waals surface area contributed by atoms with E-state index in [1.165, 1.54) is 6.20 Å². The summed E-state index contributed by atoms with van der Waals surface area (Å²) < 4.78 is 0.870. The predicted octanol–water partition coefficient (Wildman–Crippen LogP) is 0.452. The molecule has 1 aromatic rings. The van der Waals surface area contributed by atoms with Crippen molar-refractivity contribution in [3.63, 3.8) is 0 Å². The lowest BCUT2D eigenvalue weighted by molar-refractivity contribution is -0.591. The van der Waals surface area contributed by atoms with Crippen molar-refractivity contribution in [3.8, 4) is 0 Å². The Balaban J connectivity index is 3.26. The summed E-state index contributed by atoms with van der Waals surface area (Å²) in [7, 11) is 7.55. The molecule has 1 rings (SSSR count). The lowest BCUT2D eigenvalue weighted by Crippen LogP contribution is -2.35. The molecular weight excluding hydrogens is 166 g/mol. The van der Waals surface area contributed by atoms with Crippen molar-refractivity contribution in [2.75, 3.05) is 38.0 Å². The van der Waals surface area contributed by atoms with Crippen molar-refractivity contribution in [3.05, 3.63) is 23.5 Å². The fraction of sp³-hybridized carbons (Fsp3) is 0.444. The minimum atomic E-state index is 0.660. The maximum Gasteiger partial charge on any atom is 0.303 e. The Kier molecular flexibility index (Phi) is 2.60. The van der Waals surface area contributed by atoms with E-state index in [1.807, 2.05) is 44.1 Å². The number of nitrogens with zero attached hydrogens (tertiary/aromatic N) is 3. The average Bonchev–Trinajstić information content (AvgIpc) is 2.02. The van der Waals surface area contributed by atoms with Gasteiger partial charge >= 0.3 is 5.82 Å². The van der Waals surface area contributed by atoms with Crippen LogP contribution in [-0.2, 0) is 0 Å². The van der Waals surface area contributed by atoms with Crippen molar-refractivity contribution >= 4 is 11.5 Å². The third-order valence-corrected chi connectivity index (χ3v) is 1.82. The number of anilines is 2. The molecule has 0 saturated heterocycles. The smallest absolute Gasteiger partial charge is 0.303 e. The van der Waals surface area contributed by atoms with E-state index < -0.39 is 0 Å². The van der Waals surface area contributed by atoms with Gasteiger partial charge in [-0.15, -0.1) is 0 Å². The first kappa shape index (κ1) is 9.64. The van der Waals surface area contributed by atoms with E-state index in [9.17, 15) is 5.21 Å². The summed E-state index contributed by atoms with van der Waals surface area (Å²) in [6, 6.07) is 3.67.